The zero-order valence-electron chi connectivity index (χ0n) is 12.2. The van der Waals surface area contributed by atoms with Crippen molar-refractivity contribution in [2.75, 3.05) is 18.0 Å². The molecule has 0 bridgehead atoms. The molecular formula is C15H16BrF3N2O2. The second-order valence-corrected chi connectivity index (χ2v) is 6.94. The van der Waals surface area contributed by atoms with Gasteiger partial charge in [0.1, 0.15) is 0 Å². The molecule has 1 spiro atoms. The van der Waals surface area contributed by atoms with Gasteiger partial charge in [-0.15, -0.1) is 0 Å². The summed E-state index contributed by atoms with van der Waals surface area (Å²) in [4.78, 5) is 12.8. The maximum atomic E-state index is 12.3. The Labute approximate surface area is 139 Å². The minimum absolute atomic E-state index is 0.0309. The lowest BCUT2D eigenvalue weighted by Gasteiger charge is -2.39. The smallest absolute Gasteiger partial charge is 0.438 e. The van der Waals surface area contributed by atoms with Crippen LogP contribution in [0.4, 0.5) is 18.9 Å². The number of carbonyl (C=O) groups excluding carboxylic acids is 1. The molecule has 2 aliphatic rings. The summed E-state index contributed by atoms with van der Waals surface area (Å²) in [6.07, 6.45) is -3.15. The normalized spacial score (nSPS) is 20.1. The molecule has 1 fully saturated rings. The van der Waals surface area contributed by atoms with Crippen molar-refractivity contribution in [3.05, 3.63) is 28.2 Å². The summed E-state index contributed by atoms with van der Waals surface area (Å²) in [5.74, 6) is -2.25. The van der Waals surface area contributed by atoms with Crippen LogP contribution in [-0.2, 0) is 14.9 Å². The SMILES string of the molecule is NC(CN1CC2(CCC2)c2c(Br)cccc21)OC(=O)C(F)(F)F. The van der Waals surface area contributed by atoms with Gasteiger partial charge in [-0.05, 0) is 30.5 Å². The lowest BCUT2D eigenvalue weighted by atomic mass is 9.66. The zero-order chi connectivity index (χ0) is 16.8. The first-order chi connectivity index (χ1) is 10.7. The molecule has 1 aliphatic carbocycles. The summed E-state index contributed by atoms with van der Waals surface area (Å²) in [5, 5.41) is 0. The third-order valence-electron chi connectivity index (χ3n) is 4.56. The van der Waals surface area contributed by atoms with Gasteiger partial charge in [0.2, 0.25) is 0 Å². The van der Waals surface area contributed by atoms with Gasteiger partial charge < -0.3 is 9.64 Å². The lowest BCUT2D eigenvalue weighted by molar-refractivity contribution is -0.204. The molecule has 126 valence electrons. The number of benzene rings is 1. The number of ether oxygens (including phenoxy) is 1. The van der Waals surface area contributed by atoms with E-state index in [1.54, 1.807) is 0 Å². The summed E-state index contributed by atoms with van der Waals surface area (Å²) in [5.41, 5.74) is 7.75. The van der Waals surface area contributed by atoms with Crippen LogP contribution in [0.5, 0.6) is 0 Å². The van der Waals surface area contributed by atoms with Crippen molar-refractivity contribution in [1.29, 1.82) is 0 Å². The van der Waals surface area contributed by atoms with E-state index in [0.717, 1.165) is 29.4 Å². The average molecular weight is 393 g/mol. The van der Waals surface area contributed by atoms with E-state index in [2.05, 4.69) is 20.7 Å². The fraction of sp³-hybridized carbons (Fsp3) is 0.533. The van der Waals surface area contributed by atoms with E-state index in [-0.39, 0.29) is 12.0 Å². The molecule has 8 heteroatoms. The molecule has 3 rings (SSSR count). The first kappa shape index (κ1) is 16.6. The largest absolute Gasteiger partial charge is 0.490 e. The summed E-state index contributed by atoms with van der Waals surface area (Å²) in [6, 6.07) is 5.76. The number of nitrogens with two attached hydrogens (primary N) is 1. The maximum absolute atomic E-state index is 12.3. The first-order valence-electron chi connectivity index (χ1n) is 7.30. The van der Waals surface area contributed by atoms with Crippen LogP contribution in [0.15, 0.2) is 22.7 Å². The molecule has 0 radical (unpaired) electrons. The van der Waals surface area contributed by atoms with Crippen molar-refractivity contribution >= 4 is 27.6 Å². The molecule has 1 heterocycles. The van der Waals surface area contributed by atoms with Crippen LogP contribution >= 0.6 is 15.9 Å². The molecule has 1 aromatic rings. The Bertz CT molecular complexity index is 632. The molecule has 23 heavy (non-hydrogen) atoms. The number of alkyl halides is 3. The molecular weight excluding hydrogens is 377 g/mol. The van der Waals surface area contributed by atoms with Crippen LogP contribution < -0.4 is 10.6 Å². The van der Waals surface area contributed by atoms with Crippen molar-refractivity contribution in [2.45, 2.75) is 37.1 Å². The topological polar surface area (TPSA) is 55.6 Å². The molecule has 0 amide bonds. The van der Waals surface area contributed by atoms with Gasteiger partial charge in [0.25, 0.3) is 0 Å². The third kappa shape index (κ3) is 2.94. The average Bonchev–Trinajstić information content (AvgIpc) is 2.74. The van der Waals surface area contributed by atoms with E-state index in [0.29, 0.717) is 6.54 Å². The Morgan fingerprint density at radius 1 is 1.43 bits per heavy atom. The predicted octanol–water partition coefficient (Wildman–Crippen LogP) is 3.08. The fourth-order valence-electron chi connectivity index (χ4n) is 3.46. The standard InChI is InChI=1S/C15H16BrF3N2O2/c16-9-3-1-4-10-12(9)14(5-2-6-14)8-21(10)7-11(20)23-13(22)15(17,18)19/h1,3-4,11H,2,5-8,20H2. The number of rotatable bonds is 3. The maximum Gasteiger partial charge on any atom is 0.490 e. The number of halogens is 4. The number of nitrogens with zero attached hydrogens (tertiary/aromatic N) is 1. The van der Waals surface area contributed by atoms with Gasteiger partial charge in [-0.3, -0.25) is 5.73 Å². The molecule has 1 unspecified atom stereocenters. The van der Waals surface area contributed by atoms with Crippen LogP contribution in [0.25, 0.3) is 0 Å². The van der Waals surface area contributed by atoms with E-state index in [9.17, 15) is 18.0 Å². The minimum Gasteiger partial charge on any atom is -0.438 e. The van der Waals surface area contributed by atoms with E-state index < -0.39 is 18.4 Å². The second-order valence-electron chi connectivity index (χ2n) is 6.09. The van der Waals surface area contributed by atoms with Crippen LogP contribution in [0.1, 0.15) is 24.8 Å². The van der Waals surface area contributed by atoms with Crippen LogP contribution in [0, 0.1) is 0 Å². The second kappa shape index (κ2) is 5.66. The molecule has 1 atom stereocenters. The summed E-state index contributed by atoms with van der Waals surface area (Å²) >= 11 is 3.57. The lowest BCUT2D eigenvalue weighted by Crippen LogP contribution is -2.45. The number of carbonyl (C=O) groups is 1. The molecule has 0 aromatic heterocycles. The Hall–Kier alpha value is -1.28. The highest BCUT2D eigenvalue weighted by atomic mass is 79.9. The quantitative estimate of drug-likeness (QED) is 0.634. The van der Waals surface area contributed by atoms with Gasteiger partial charge in [0, 0.05) is 22.1 Å². The fourth-order valence-corrected chi connectivity index (χ4v) is 4.24. The number of anilines is 1. The molecule has 1 aliphatic heterocycles. The van der Waals surface area contributed by atoms with E-state index in [4.69, 9.17) is 5.73 Å². The van der Waals surface area contributed by atoms with Gasteiger partial charge in [-0.2, -0.15) is 13.2 Å². The van der Waals surface area contributed by atoms with Crippen LogP contribution in [0.2, 0.25) is 0 Å². The molecule has 1 saturated carbocycles. The van der Waals surface area contributed by atoms with Gasteiger partial charge in [0.05, 0.1) is 6.54 Å². The third-order valence-corrected chi connectivity index (χ3v) is 5.22. The molecule has 2 N–H and O–H groups in total. The molecule has 0 saturated heterocycles. The Morgan fingerprint density at radius 3 is 2.70 bits per heavy atom. The predicted molar refractivity (Wildman–Crippen MR) is 82.0 cm³/mol. The number of fused-ring (bicyclic) bond motifs is 2. The minimum atomic E-state index is -5.03. The zero-order valence-corrected chi connectivity index (χ0v) is 13.8. The molecule has 4 nitrogen and oxygen atoms in total. The van der Waals surface area contributed by atoms with Crippen molar-refractivity contribution in [1.82, 2.24) is 0 Å². The number of hydrogen-bond donors (Lipinski definition) is 1. The summed E-state index contributed by atoms with van der Waals surface area (Å²) < 4.78 is 42.1. The van der Waals surface area contributed by atoms with Crippen LogP contribution in [0.3, 0.4) is 0 Å². The van der Waals surface area contributed by atoms with Gasteiger partial charge in [-0.25, -0.2) is 4.79 Å². The highest BCUT2D eigenvalue weighted by Gasteiger charge is 2.48. The van der Waals surface area contributed by atoms with Crippen LogP contribution in [-0.4, -0.2) is 31.5 Å². The van der Waals surface area contributed by atoms with E-state index in [1.807, 2.05) is 23.1 Å². The van der Waals surface area contributed by atoms with Crippen molar-refractivity contribution in [3.63, 3.8) is 0 Å². The molecule has 1 aromatic carbocycles. The number of esters is 1. The summed E-state index contributed by atoms with van der Waals surface area (Å²) in [7, 11) is 0. The number of hydrogen-bond acceptors (Lipinski definition) is 4. The Morgan fingerprint density at radius 2 is 2.13 bits per heavy atom. The first-order valence-corrected chi connectivity index (χ1v) is 8.10. The summed E-state index contributed by atoms with van der Waals surface area (Å²) in [6.45, 7) is 0.717. The van der Waals surface area contributed by atoms with Gasteiger partial charge in [0.15, 0.2) is 6.23 Å². The Kier molecular flexibility index (Phi) is 4.08. The van der Waals surface area contributed by atoms with Gasteiger partial charge in [-0.1, -0.05) is 28.4 Å². The Balaban J connectivity index is 1.76. The highest BCUT2D eigenvalue weighted by molar-refractivity contribution is 9.10. The van der Waals surface area contributed by atoms with Crippen molar-refractivity contribution in [3.8, 4) is 0 Å². The van der Waals surface area contributed by atoms with E-state index >= 15 is 0 Å². The van der Waals surface area contributed by atoms with Crippen molar-refractivity contribution in [2.24, 2.45) is 5.73 Å². The monoisotopic (exact) mass is 392 g/mol. The van der Waals surface area contributed by atoms with Crippen molar-refractivity contribution < 1.29 is 22.7 Å². The van der Waals surface area contributed by atoms with E-state index in [1.165, 1.54) is 5.56 Å². The van der Waals surface area contributed by atoms with Gasteiger partial charge >= 0.3 is 12.1 Å². The highest BCUT2D eigenvalue weighted by Crippen LogP contribution is 2.54.